The summed E-state index contributed by atoms with van der Waals surface area (Å²) in [5, 5.41) is 9.92. The fourth-order valence-corrected chi connectivity index (χ4v) is 1.64. The number of rotatable bonds is 4. The SMILES string of the molecule is C=CCC[C@@](C)(O)C#CC[NH+]1CCOCC1. The standard InChI is InChI=1S/C13H21NO2/c1-3-4-6-13(2,15)7-5-8-14-9-11-16-12-10-14/h3,15H,1,4,6,8-12H2,2H3/p+1/t13-/m1/s1. The highest BCUT2D eigenvalue weighted by Crippen LogP contribution is 2.10. The van der Waals surface area contributed by atoms with Crippen molar-refractivity contribution >= 4 is 0 Å². The molecule has 0 saturated carbocycles. The van der Waals surface area contributed by atoms with Crippen LogP contribution >= 0.6 is 0 Å². The van der Waals surface area contributed by atoms with Gasteiger partial charge in [-0.2, -0.15) is 0 Å². The van der Waals surface area contributed by atoms with Gasteiger partial charge in [0.05, 0.1) is 13.2 Å². The van der Waals surface area contributed by atoms with Crippen LogP contribution in [-0.4, -0.2) is 43.6 Å². The van der Waals surface area contributed by atoms with Gasteiger partial charge in [-0.15, -0.1) is 6.58 Å². The van der Waals surface area contributed by atoms with E-state index in [-0.39, 0.29) is 0 Å². The van der Waals surface area contributed by atoms with Gasteiger partial charge in [0, 0.05) is 0 Å². The van der Waals surface area contributed by atoms with Crippen LogP contribution in [0.3, 0.4) is 0 Å². The van der Waals surface area contributed by atoms with Crippen LogP contribution in [0.2, 0.25) is 0 Å². The van der Waals surface area contributed by atoms with Crippen LogP contribution in [0, 0.1) is 11.8 Å². The van der Waals surface area contributed by atoms with E-state index in [4.69, 9.17) is 4.74 Å². The summed E-state index contributed by atoms with van der Waals surface area (Å²) in [6, 6.07) is 0. The van der Waals surface area contributed by atoms with E-state index in [2.05, 4.69) is 18.4 Å². The maximum atomic E-state index is 9.92. The second kappa shape index (κ2) is 6.70. The fourth-order valence-electron chi connectivity index (χ4n) is 1.64. The Labute approximate surface area is 98.1 Å². The third-order valence-corrected chi connectivity index (χ3v) is 2.73. The predicted octanol–water partition coefficient (Wildman–Crippen LogP) is -0.378. The highest BCUT2D eigenvalue weighted by Gasteiger charge is 2.16. The summed E-state index contributed by atoms with van der Waals surface area (Å²) in [5.74, 6) is 6.01. The molecule has 90 valence electrons. The highest BCUT2D eigenvalue weighted by atomic mass is 16.5. The molecule has 3 heteroatoms. The van der Waals surface area contributed by atoms with Crippen LogP contribution in [-0.2, 0) is 4.74 Å². The lowest BCUT2D eigenvalue weighted by atomic mass is 10.0. The number of ether oxygens (including phenoxy) is 1. The van der Waals surface area contributed by atoms with E-state index in [0.29, 0.717) is 6.42 Å². The molecule has 3 nitrogen and oxygen atoms in total. The first-order valence-electron chi connectivity index (χ1n) is 5.89. The minimum atomic E-state index is -0.875. The highest BCUT2D eigenvalue weighted by molar-refractivity contribution is 5.12. The zero-order valence-electron chi connectivity index (χ0n) is 10.1. The first-order chi connectivity index (χ1) is 7.64. The van der Waals surface area contributed by atoms with E-state index in [0.717, 1.165) is 39.3 Å². The molecule has 0 aromatic rings. The number of nitrogens with one attached hydrogen (secondary N) is 1. The van der Waals surface area contributed by atoms with Gasteiger partial charge in [0.1, 0.15) is 25.2 Å². The Hall–Kier alpha value is -0.820. The molecule has 0 aliphatic carbocycles. The summed E-state index contributed by atoms with van der Waals surface area (Å²) in [5.41, 5.74) is -0.875. The van der Waals surface area contributed by atoms with E-state index in [1.807, 2.05) is 6.08 Å². The maximum absolute atomic E-state index is 9.92. The largest absolute Gasteiger partial charge is 0.378 e. The Balaban J connectivity index is 2.31. The minimum Gasteiger partial charge on any atom is -0.378 e. The molecule has 0 unspecified atom stereocenters. The maximum Gasteiger partial charge on any atom is 0.139 e. The fraction of sp³-hybridized carbons (Fsp3) is 0.692. The van der Waals surface area contributed by atoms with Crippen molar-refractivity contribution in [1.82, 2.24) is 0 Å². The molecule has 1 rings (SSSR count). The van der Waals surface area contributed by atoms with Crippen molar-refractivity contribution in [2.24, 2.45) is 0 Å². The van der Waals surface area contributed by atoms with E-state index in [1.165, 1.54) is 4.90 Å². The van der Waals surface area contributed by atoms with Crippen molar-refractivity contribution in [3.63, 3.8) is 0 Å². The Morgan fingerprint density at radius 3 is 2.81 bits per heavy atom. The number of allylic oxidation sites excluding steroid dienone is 1. The lowest BCUT2D eigenvalue weighted by Gasteiger charge is -2.21. The molecule has 1 heterocycles. The van der Waals surface area contributed by atoms with Gasteiger partial charge in [-0.1, -0.05) is 12.0 Å². The van der Waals surface area contributed by atoms with E-state index < -0.39 is 5.60 Å². The van der Waals surface area contributed by atoms with Crippen molar-refractivity contribution in [3.8, 4) is 11.8 Å². The molecule has 1 aliphatic rings. The molecule has 1 saturated heterocycles. The quantitative estimate of drug-likeness (QED) is 0.504. The molecule has 0 aromatic carbocycles. The van der Waals surface area contributed by atoms with E-state index in [1.54, 1.807) is 6.92 Å². The molecule has 0 aromatic heterocycles. The van der Waals surface area contributed by atoms with Crippen molar-refractivity contribution in [3.05, 3.63) is 12.7 Å². The molecule has 1 atom stereocenters. The third kappa shape index (κ3) is 5.32. The van der Waals surface area contributed by atoms with Crippen molar-refractivity contribution in [2.75, 3.05) is 32.8 Å². The zero-order chi connectivity index (χ0) is 11.9. The Kier molecular flexibility index (Phi) is 5.54. The van der Waals surface area contributed by atoms with Crippen molar-refractivity contribution < 1.29 is 14.7 Å². The molecule has 0 amide bonds. The summed E-state index contributed by atoms with van der Waals surface area (Å²) in [6.45, 7) is 9.88. The molecule has 0 radical (unpaired) electrons. The lowest BCUT2D eigenvalue weighted by molar-refractivity contribution is -0.900. The summed E-state index contributed by atoms with van der Waals surface area (Å²) >= 11 is 0. The number of hydrogen-bond acceptors (Lipinski definition) is 2. The van der Waals surface area contributed by atoms with Gasteiger partial charge in [-0.25, -0.2) is 0 Å². The van der Waals surface area contributed by atoms with Gasteiger partial charge in [0.25, 0.3) is 0 Å². The van der Waals surface area contributed by atoms with Crippen LogP contribution in [0.4, 0.5) is 0 Å². The molecule has 1 fully saturated rings. The van der Waals surface area contributed by atoms with Crippen LogP contribution in [0.1, 0.15) is 19.8 Å². The van der Waals surface area contributed by atoms with Gasteiger partial charge in [-0.05, 0) is 25.7 Å². The number of hydrogen-bond donors (Lipinski definition) is 2. The van der Waals surface area contributed by atoms with Gasteiger partial charge in [0.15, 0.2) is 0 Å². The first-order valence-corrected chi connectivity index (χ1v) is 5.89. The van der Waals surface area contributed by atoms with Crippen molar-refractivity contribution in [1.29, 1.82) is 0 Å². The second-order valence-electron chi connectivity index (χ2n) is 4.44. The molecule has 0 bridgehead atoms. The van der Waals surface area contributed by atoms with Gasteiger partial charge < -0.3 is 14.7 Å². The predicted molar refractivity (Wildman–Crippen MR) is 64.2 cm³/mol. The van der Waals surface area contributed by atoms with Gasteiger partial charge in [0.2, 0.25) is 0 Å². The molecule has 2 N–H and O–H groups in total. The van der Waals surface area contributed by atoms with E-state index in [9.17, 15) is 5.11 Å². The molecular formula is C13H22NO2+. The Bertz CT molecular complexity index is 269. The van der Waals surface area contributed by atoms with Crippen molar-refractivity contribution in [2.45, 2.75) is 25.4 Å². The normalized spacial score (nSPS) is 20.6. The van der Waals surface area contributed by atoms with Crippen LogP contribution in [0.5, 0.6) is 0 Å². The van der Waals surface area contributed by atoms with Crippen LogP contribution < -0.4 is 4.90 Å². The number of morpholine rings is 1. The van der Waals surface area contributed by atoms with Gasteiger partial charge >= 0.3 is 0 Å². The van der Waals surface area contributed by atoms with E-state index >= 15 is 0 Å². The molecule has 16 heavy (non-hydrogen) atoms. The number of aliphatic hydroxyl groups is 1. The minimum absolute atomic E-state index is 0.655. The Morgan fingerprint density at radius 1 is 1.50 bits per heavy atom. The molecular weight excluding hydrogens is 202 g/mol. The topological polar surface area (TPSA) is 33.9 Å². The lowest BCUT2D eigenvalue weighted by Crippen LogP contribution is -3.14. The second-order valence-corrected chi connectivity index (χ2v) is 4.44. The monoisotopic (exact) mass is 224 g/mol. The average molecular weight is 224 g/mol. The molecule has 0 spiro atoms. The summed E-state index contributed by atoms with van der Waals surface area (Å²) in [7, 11) is 0. The van der Waals surface area contributed by atoms with Crippen LogP contribution in [0.15, 0.2) is 12.7 Å². The Morgan fingerprint density at radius 2 is 2.19 bits per heavy atom. The summed E-state index contributed by atoms with van der Waals surface area (Å²) in [6.07, 6.45) is 3.26. The van der Waals surface area contributed by atoms with Crippen LogP contribution in [0.25, 0.3) is 0 Å². The third-order valence-electron chi connectivity index (χ3n) is 2.73. The average Bonchev–Trinajstić information content (AvgIpc) is 2.28. The molecule has 1 aliphatic heterocycles. The smallest absolute Gasteiger partial charge is 0.139 e. The summed E-state index contributed by atoms with van der Waals surface area (Å²) < 4.78 is 5.27. The zero-order valence-corrected chi connectivity index (χ0v) is 10.1. The number of quaternary nitrogens is 1. The first kappa shape index (κ1) is 13.2. The van der Waals surface area contributed by atoms with Gasteiger partial charge in [-0.3, -0.25) is 0 Å². The summed E-state index contributed by atoms with van der Waals surface area (Å²) in [4.78, 5) is 1.44.